The maximum absolute atomic E-state index is 6.11. The van der Waals surface area contributed by atoms with Crippen LogP contribution in [0.5, 0.6) is 0 Å². The van der Waals surface area contributed by atoms with Crippen molar-refractivity contribution in [3.63, 3.8) is 0 Å². The molecule has 4 nitrogen and oxygen atoms in total. The van der Waals surface area contributed by atoms with Crippen molar-refractivity contribution in [2.75, 3.05) is 11.1 Å². The fourth-order valence-electron chi connectivity index (χ4n) is 3.99. The number of nitrogen functional groups attached to an aromatic ring is 1. The molecule has 19 heavy (non-hydrogen) atoms. The number of hydrogen-bond donors (Lipinski definition) is 2. The summed E-state index contributed by atoms with van der Waals surface area (Å²) in [4.78, 5) is 0. The first-order valence-corrected chi connectivity index (χ1v) is 7.15. The van der Waals surface area contributed by atoms with Crippen LogP contribution in [0.15, 0.2) is 0 Å². The van der Waals surface area contributed by atoms with Crippen LogP contribution >= 0.6 is 0 Å². The molecule has 0 bridgehead atoms. The van der Waals surface area contributed by atoms with E-state index in [1.54, 1.807) is 0 Å². The second-order valence-electron chi connectivity index (χ2n) is 7.73. The largest absolute Gasteiger partial charge is 0.394 e. The summed E-state index contributed by atoms with van der Waals surface area (Å²) in [6, 6.07) is 0.468. The molecule has 0 aromatic carbocycles. The molecule has 3 N–H and O–H groups in total. The third-order valence-corrected chi connectivity index (χ3v) is 4.16. The van der Waals surface area contributed by atoms with Gasteiger partial charge in [-0.2, -0.15) is 5.10 Å². The molecule has 1 aromatic heterocycles. The van der Waals surface area contributed by atoms with E-state index >= 15 is 0 Å². The number of nitrogens with zero attached hydrogens (tertiary/aromatic N) is 2. The quantitative estimate of drug-likeness (QED) is 0.861. The van der Waals surface area contributed by atoms with Crippen molar-refractivity contribution in [3.05, 3.63) is 5.69 Å². The summed E-state index contributed by atoms with van der Waals surface area (Å²) in [5.74, 6) is 0.969. The van der Waals surface area contributed by atoms with Crippen molar-refractivity contribution in [2.45, 2.75) is 59.9 Å². The van der Waals surface area contributed by atoms with Crippen molar-refractivity contribution in [1.82, 2.24) is 9.78 Å². The lowest BCUT2D eigenvalue weighted by molar-refractivity contribution is 0.105. The highest BCUT2D eigenvalue weighted by atomic mass is 15.3. The average molecular weight is 264 g/mol. The number of nitrogens with one attached hydrogen (secondary N) is 1. The van der Waals surface area contributed by atoms with Gasteiger partial charge in [-0.15, -0.1) is 0 Å². The molecule has 4 heteroatoms. The molecule has 0 unspecified atom stereocenters. The third kappa shape index (κ3) is 3.04. The zero-order valence-corrected chi connectivity index (χ0v) is 13.2. The second-order valence-corrected chi connectivity index (χ2v) is 7.73. The maximum Gasteiger partial charge on any atom is 0.147 e. The van der Waals surface area contributed by atoms with Gasteiger partial charge in [-0.05, 0) is 37.0 Å². The highest BCUT2D eigenvalue weighted by molar-refractivity contribution is 5.65. The van der Waals surface area contributed by atoms with E-state index < -0.39 is 0 Å². The zero-order valence-electron chi connectivity index (χ0n) is 13.2. The minimum absolute atomic E-state index is 0.377. The van der Waals surface area contributed by atoms with Gasteiger partial charge in [0.25, 0.3) is 0 Å². The Balaban J connectivity index is 2.19. The van der Waals surface area contributed by atoms with Gasteiger partial charge < -0.3 is 11.1 Å². The number of aryl methyl sites for hydroxylation is 2. The predicted octanol–water partition coefficient (Wildman–Crippen LogP) is 3.33. The third-order valence-electron chi connectivity index (χ3n) is 4.16. The Kier molecular flexibility index (Phi) is 3.31. The molecule has 0 amide bonds. The average Bonchev–Trinajstić information content (AvgIpc) is 2.40. The molecule has 0 radical (unpaired) electrons. The van der Waals surface area contributed by atoms with Crippen LogP contribution in [0.4, 0.5) is 11.5 Å². The Hall–Kier alpha value is -1.19. The molecule has 1 aromatic rings. The Morgan fingerprint density at radius 2 is 1.74 bits per heavy atom. The van der Waals surface area contributed by atoms with Crippen LogP contribution in [0, 0.1) is 17.8 Å². The monoisotopic (exact) mass is 264 g/mol. The van der Waals surface area contributed by atoms with E-state index in [-0.39, 0.29) is 0 Å². The van der Waals surface area contributed by atoms with Gasteiger partial charge in [0.05, 0.1) is 11.4 Å². The van der Waals surface area contributed by atoms with Crippen molar-refractivity contribution >= 4 is 11.5 Å². The van der Waals surface area contributed by atoms with Gasteiger partial charge in [0.1, 0.15) is 5.82 Å². The Bertz CT molecular complexity index is 455. The first-order chi connectivity index (χ1) is 8.60. The fourth-order valence-corrected chi connectivity index (χ4v) is 3.99. The van der Waals surface area contributed by atoms with E-state index in [9.17, 15) is 0 Å². The maximum atomic E-state index is 6.11. The van der Waals surface area contributed by atoms with Crippen LogP contribution in [0.2, 0.25) is 0 Å². The lowest BCUT2D eigenvalue weighted by Gasteiger charge is -2.45. The Morgan fingerprint density at radius 1 is 1.21 bits per heavy atom. The predicted molar refractivity (Wildman–Crippen MR) is 81.2 cm³/mol. The van der Waals surface area contributed by atoms with Crippen LogP contribution in [0.1, 0.15) is 52.7 Å². The Labute approximate surface area is 116 Å². The van der Waals surface area contributed by atoms with Gasteiger partial charge in [0.15, 0.2) is 0 Å². The smallest absolute Gasteiger partial charge is 0.147 e. The standard InChI is InChI=1S/C15H28N4/c1-10-12(16)13(19(6)18-10)17-11-7-14(2,3)9-15(4,5)8-11/h11,17H,7-9,16H2,1-6H3. The van der Waals surface area contributed by atoms with E-state index in [2.05, 4.69) is 38.1 Å². The highest BCUT2D eigenvalue weighted by Gasteiger charge is 2.38. The van der Waals surface area contributed by atoms with Crippen LogP contribution in [0.25, 0.3) is 0 Å². The van der Waals surface area contributed by atoms with Gasteiger partial charge in [0.2, 0.25) is 0 Å². The second kappa shape index (κ2) is 4.43. The first-order valence-electron chi connectivity index (χ1n) is 7.15. The van der Waals surface area contributed by atoms with Crippen molar-refractivity contribution in [2.24, 2.45) is 17.9 Å². The first kappa shape index (κ1) is 14.2. The minimum Gasteiger partial charge on any atom is -0.394 e. The van der Waals surface area contributed by atoms with E-state index in [1.165, 1.54) is 19.3 Å². The van der Waals surface area contributed by atoms with Crippen LogP contribution in [0.3, 0.4) is 0 Å². The number of rotatable bonds is 2. The van der Waals surface area contributed by atoms with Crippen LogP contribution in [-0.2, 0) is 7.05 Å². The molecule has 0 spiro atoms. The summed E-state index contributed by atoms with van der Waals surface area (Å²) < 4.78 is 1.86. The van der Waals surface area contributed by atoms with Gasteiger partial charge in [-0.25, -0.2) is 0 Å². The number of aromatic nitrogens is 2. The molecular weight excluding hydrogens is 236 g/mol. The summed E-state index contributed by atoms with van der Waals surface area (Å²) in [6.07, 6.45) is 3.64. The molecule has 0 atom stereocenters. The Morgan fingerprint density at radius 3 is 2.16 bits per heavy atom. The molecule has 108 valence electrons. The molecule has 0 saturated heterocycles. The van der Waals surface area contributed by atoms with Crippen LogP contribution < -0.4 is 11.1 Å². The highest BCUT2D eigenvalue weighted by Crippen LogP contribution is 2.46. The zero-order chi connectivity index (χ0) is 14.4. The van der Waals surface area contributed by atoms with E-state index in [1.807, 2.05) is 18.7 Å². The van der Waals surface area contributed by atoms with E-state index in [4.69, 9.17) is 5.73 Å². The molecule has 1 saturated carbocycles. The topological polar surface area (TPSA) is 55.9 Å². The number of hydrogen-bond acceptors (Lipinski definition) is 3. The van der Waals surface area contributed by atoms with Gasteiger partial charge in [-0.1, -0.05) is 27.7 Å². The molecule has 1 heterocycles. The van der Waals surface area contributed by atoms with E-state index in [0.29, 0.717) is 16.9 Å². The fraction of sp³-hybridized carbons (Fsp3) is 0.800. The van der Waals surface area contributed by atoms with Gasteiger partial charge in [0, 0.05) is 13.1 Å². The normalized spacial score (nSPS) is 22.4. The number of nitrogens with two attached hydrogens (primary N) is 1. The van der Waals surface area contributed by atoms with Crippen molar-refractivity contribution < 1.29 is 0 Å². The molecule has 1 fully saturated rings. The summed E-state index contributed by atoms with van der Waals surface area (Å²) in [5, 5.41) is 8.00. The minimum atomic E-state index is 0.377. The SMILES string of the molecule is Cc1nn(C)c(NC2CC(C)(C)CC(C)(C)C2)c1N. The molecule has 2 rings (SSSR count). The summed E-state index contributed by atoms with van der Waals surface area (Å²) in [6.45, 7) is 11.4. The van der Waals surface area contributed by atoms with Crippen molar-refractivity contribution in [1.29, 1.82) is 0 Å². The lowest BCUT2D eigenvalue weighted by atomic mass is 9.63. The van der Waals surface area contributed by atoms with Crippen molar-refractivity contribution in [3.8, 4) is 0 Å². The molecule has 1 aliphatic carbocycles. The number of anilines is 2. The van der Waals surface area contributed by atoms with E-state index in [0.717, 1.165) is 17.2 Å². The van der Waals surface area contributed by atoms with Gasteiger partial charge in [-0.3, -0.25) is 4.68 Å². The summed E-state index contributed by atoms with van der Waals surface area (Å²) in [7, 11) is 1.95. The summed E-state index contributed by atoms with van der Waals surface area (Å²) in [5.41, 5.74) is 8.55. The van der Waals surface area contributed by atoms with Gasteiger partial charge >= 0.3 is 0 Å². The molecule has 0 aliphatic heterocycles. The molecular formula is C15H28N4. The lowest BCUT2D eigenvalue weighted by Crippen LogP contribution is -2.40. The summed E-state index contributed by atoms with van der Waals surface area (Å²) >= 11 is 0. The molecule has 1 aliphatic rings. The van der Waals surface area contributed by atoms with Crippen LogP contribution in [-0.4, -0.2) is 15.8 Å².